The van der Waals surface area contributed by atoms with Crippen LogP contribution >= 0.6 is 11.8 Å². The Morgan fingerprint density at radius 2 is 2.07 bits per heavy atom. The van der Waals surface area contributed by atoms with E-state index in [-0.39, 0.29) is 24.0 Å². The van der Waals surface area contributed by atoms with Crippen LogP contribution in [0, 0.1) is 0 Å². The van der Waals surface area contributed by atoms with Gasteiger partial charge >= 0.3 is 5.17 Å². The van der Waals surface area contributed by atoms with E-state index in [1.54, 1.807) is 18.0 Å². The molecule has 0 amide bonds. The third-order valence-electron chi connectivity index (χ3n) is 1.53. The molecule has 0 fully saturated rings. The summed E-state index contributed by atoms with van der Waals surface area (Å²) >= 11 is 1.59. The maximum Gasteiger partial charge on any atom is 0.334 e. The molecule has 0 aliphatic rings. The highest BCUT2D eigenvalue weighted by atomic mass is 127. The zero-order chi connectivity index (χ0) is 10.2. The molecular weight excluding hydrogens is 321 g/mol. The van der Waals surface area contributed by atoms with E-state index in [1.807, 2.05) is 43.5 Å². The van der Waals surface area contributed by atoms with Crippen LogP contribution in [0.15, 0.2) is 35.4 Å². The number of hydrogen-bond donors (Lipinski definition) is 2. The minimum Gasteiger partial charge on any atom is -1.00 e. The van der Waals surface area contributed by atoms with Crippen LogP contribution in [-0.4, -0.2) is 17.6 Å². The van der Waals surface area contributed by atoms with Crippen molar-refractivity contribution in [2.75, 3.05) is 6.26 Å². The molecule has 0 aliphatic heterocycles. The van der Waals surface area contributed by atoms with Crippen molar-refractivity contribution >= 4 is 28.8 Å². The van der Waals surface area contributed by atoms with E-state index < -0.39 is 0 Å². The second-order valence-electron chi connectivity index (χ2n) is 2.52. The molecular formula is C10H14IN3S. The topological polar surface area (TPSA) is 38.4 Å². The highest BCUT2D eigenvalue weighted by molar-refractivity contribution is 8.12. The van der Waals surface area contributed by atoms with E-state index in [9.17, 15) is 0 Å². The van der Waals surface area contributed by atoms with E-state index in [4.69, 9.17) is 0 Å². The smallest absolute Gasteiger partial charge is 0.334 e. The molecule has 0 atom stereocenters. The van der Waals surface area contributed by atoms with E-state index >= 15 is 0 Å². The fraction of sp³-hybridized carbons (Fsp3) is 0.200. The number of nitrogens with one attached hydrogen (secondary N) is 2. The summed E-state index contributed by atoms with van der Waals surface area (Å²) in [5.41, 5.74) is 3.96. The summed E-state index contributed by atoms with van der Waals surface area (Å²) < 4.78 is 0. The maximum absolute atomic E-state index is 3.94. The van der Waals surface area contributed by atoms with Crippen molar-refractivity contribution in [1.29, 1.82) is 0 Å². The Labute approximate surface area is 111 Å². The first kappa shape index (κ1) is 14.4. The number of benzene rings is 1. The van der Waals surface area contributed by atoms with E-state index in [0.29, 0.717) is 0 Å². The predicted molar refractivity (Wildman–Crippen MR) is 62.9 cm³/mol. The first-order chi connectivity index (χ1) is 6.86. The van der Waals surface area contributed by atoms with Crippen LogP contribution in [0.3, 0.4) is 0 Å². The maximum atomic E-state index is 3.94. The quantitative estimate of drug-likeness (QED) is 0.277. The fourth-order valence-corrected chi connectivity index (χ4v) is 1.26. The van der Waals surface area contributed by atoms with Crippen molar-refractivity contribution in [2.24, 2.45) is 5.10 Å². The standard InChI is InChI=1S/C10H13N3S.HI/c1-3-11-13-10(14-2)12-9-7-5-4-6-8-9;/h3-8H,1-2H3,(H,12,13);1H/b11-3+;. The molecule has 1 aromatic carbocycles. The van der Waals surface area contributed by atoms with Gasteiger partial charge in [-0.25, -0.2) is 4.99 Å². The lowest BCUT2D eigenvalue weighted by atomic mass is 10.3. The lowest BCUT2D eigenvalue weighted by Gasteiger charge is -1.93. The lowest BCUT2D eigenvalue weighted by Crippen LogP contribution is -3.00. The molecule has 0 spiro atoms. The second kappa shape index (κ2) is 8.72. The van der Waals surface area contributed by atoms with Gasteiger partial charge in [0.05, 0.1) is 0 Å². The van der Waals surface area contributed by atoms with Gasteiger partial charge in [0.1, 0.15) is 5.69 Å². The van der Waals surface area contributed by atoms with Crippen LogP contribution in [-0.2, 0) is 0 Å². The third kappa shape index (κ3) is 5.78. The van der Waals surface area contributed by atoms with Crippen LogP contribution in [0.25, 0.3) is 0 Å². The highest BCUT2D eigenvalue weighted by Crippen LogP contribution is 1.96. The molecule has 0 saturated carbocycles. The van der Waals surface area contributed by atoms with Gasteiger partial charge < -0.3 is 24.0 Å². The Hall–Kier alpha value is -0.560. The molecule has 0 heterocycles. The average molecular weight is 335 g/mol. The van der Waals surface area contributed by atoms with E-state index in [1.165, 1.54) is 0 Å². The molecule has 1 rings (SSSR count). The number of para-hydroxylation sites is 1. The first-order valence-electron chi connectivity index (χ1n) is 4.33. The number of halogens is 1. The third-order valence-corrected chi connectivity index (χ3v) is 2.13. The average Bonchev–Trinajstić information content (AvgIpc) is 2.25. The molecule has 82 valence electrons. The van der Waals surface area contributed by atoms with Gasteiger partial charge in [-0.3, -0.25) is 0 Å². The van der Waals surface area contributed by atoms with Crippen molar-refractivity contribution in [2.45, 2.75) is 6.92 Å². The Balaban J connectivity index is 0.00000196. The van der Waals surface area contributed by atoms with Gasteiger partial charge in [-0.1, -0.05) is 23.3 Å². The Morgan fingerprint density at radius 1 is 1.40 bits per heavy atom. The van der Waals surface area contributed by atoms with Gasteiger partial charge in [-0.15, -0.1) is 5.43 Å². The van der Waals surface area contributed by atoms with Crippen LogP contribution in [0.5, 0.6) is 0 Å². The van der Waals surface area contributed by atoms with Gasteiger partial charge in [0.25, 0.3) is 0 Å². The van der Waals surface area contributed by atoms with Crippen LogP contribution in [0.2, 0.25) is 0 Å². The Morgan fingerprint density at radius 3 is 2.60 bits per heavy atom. The molecule has 1 aromatic rings. The van der Waals surface area contributed by atoms with Crippen molar-refractivity contribution in [1.82, 2.24) is 5.43 Å². The van der Waals surface area contributed by atoms with Gasteiger partial charge in [0, 0.05) is 6.21 Å². The van der Waals surface area contributed by atoms with Gasteiger partial charge in [0.2, 0.25) is 0 Å². The van der Waals surface area contributed by atoms with Gasteiger partial charge in [-0.2, -0.15) is 0 Å². The summed E-state index contributed by atoms with van der Waals surface area (Å²) in [5.74, 6) is 0. The van der Waals surface area contributed by atoms with Crippen LogP contribution in [0.4, 0.5) is 5.69 Å². The Kier molecular flexibility index (Phi) is 8.40. The first-order valence-corrected chi connectivity index (χ1v) is 5.56. The van der Waals surface area contributed by atoms with Crippen molar-refractivity contribution in [3.63, 3.8) is 0 Å². The largest absolute Gasteiger partial charge is 1.00 e. The number of amidine groups is 1. The van der Waals surface area contributed by atoms with E-state index in [2.05, 4.69) is 15.5 Å². The predicted octanol–water partition coefficient (Wildman–Crippen LogP) is -2.28. The molecule has 0 aliphatic carbocycles. The molecule has 3 nitrogen and oxygen atoms in total. The van der Waals surface area contributed by atoms with Crippen LogP contribution < -0.4 is 34.4 Å². The lowest BCUT2D eigenvalue weighted by molar-refractivity contribution is -0.352. The van der Waals surface area contributed by atoms with E-state index in [0.717, 1.165) is 10.9 Å². The SMILES string of the molecule is C/C=N/NC(=[NH+]c1ccccc1)SC.[I-]. The molecule has 5 heteroatoms. The zero-order valence-corrected chi connectivity index (χ0v) is 11.7. The molecule has 0 bridgehead atoms. The highest BCUT2D eigenvalue weighted by Gasteiger charge is 2.01. The number of hydrazone groups is 1. The molecule has 0 saturated heterocycles. The second-order valence-corrected chi connectivity index (χ2v) is 3.34. The summed E-state index contributed by atoms with van der Waals surface area (Å²) in [7, 11) is 0. The molecule has 0 unspecified atom stereocenters. The summed E-state index contributed by atoms with van der Waals surface area (Å²) in [5, 5.41) is 4.86. The number of hydrogen-bond acceptors (Lipinski definition) is 2. The molecule has 15 heavy (non-hydrogen) atoms. The zero-order valence-electron chi connectivity index (χ0n) is 8.70. The minimum absolute atomic E-state index is 0. The van der Waals surface area contributed by atoms with Gasteiger partial charge in [-0.05, 0) is 37.1 Å². The summed E-state index contributed by atoms with van der Waals surface area (Å²) in [6, 6.07) is 9.98. The molecule has 0 radical (unpaired) electrons. The number of nitrogens with zero attached hydrogens (tertiary/aromatic N) is 1. The summed E-state index contributed by atoms with van der Waals surface area (Å²) in [6.45, 7) is 1.87. The molecule has 2 N–H and O–H groups in total. The fourth-order valence-electron chi connectivity index (χ4n) is 0.900. The Bertz CT molecular complexity index is 325. The number of thioether (sulfide) groups is 1. The van der Waals surface area contributed by atoms with Crippen molar-refractivity contribution < 1.29 is 29.0 Å². The normalized spacial score (nSPS) is 11.2. The monoisotopic (exact) mass is 335 g/mol. The van der Waals surface area contributed by atoms with Crippen molar-refractivity contribution in [3.8, 4) is 0 Å². The van der Waals surface area contributed by atoms with Gasteiger partial charge in [0.15, 0.2) is 0 Å². The van der Waals surface area contributed by atoms with Crippen LogP contribution in [0.1, 0.15) is 6.92 Å². The number of rotatable bonds is 2. The summed E-state index contributed by atoms with van der Waals surface area (Å²) in [6.07, 6.45) is 3.70. The minimum atomic E-state index is 0. The van der Waals surface area contributed by atoms with Crippen molar-refractivity contribution in [3.05, 3.63) is 30.3 Å². The molecule has 0 aromatic heterocycles. The summed E-state index contributed by atoms with van der Waals surface area (Å²) in [4.78, 5) is 3.22.